The van der Waals surface area contributed by atoms with Gasteiger partial charge in [0.1, 0.15) is 11.6 Å². The van der Waals surface area contributed by atoms with Crippen LogP contribution < -0.4 is 10.6 Å². The Balaban J connectivity index is 2.43. The molecule has 0 bridgehead atoms. The molecule has 0 atom stereocenters. The maximum Gasteiger partial charge on any atom is 0.227 e. The van der Waals surface area contributed by atoms with E-state index in [1.54, 1.807) is 41.5 Å². The summed E-state index contributed by atoms with van der Waals surface area (Å²) in [7, 11) is 0. The van der Waals surface area contributed by atoms with Gasteiger partial charge in [-0.05, 0) is 11.1 Å². The number of hydrogen-bond donors (Lipinski definition) is 2. The lowest BCUT2D eigenvalue weighted by molar-refractivity contribution is -0.134. The van der Waals surface area contributed by atoms with E-state index in [2.05, 4.69) is 10.6 Å². The molecule has 1 aromatic rings. The number of Topliss-reactive ketones (excluding diaryl/α,β-unsaturated/α-hetero) is 2. The van der Waals surface area contributed by atoms with Gasteiger partial charge in [-0.2, -0.15) is 0 Å². The van der Waals surface area contributed by atoms with E-state index in [9.17, 15) is 19.2 Å². The van der Waals surface area contributed by atoms with Crippen LogP contribution in [0.3, 0.4) is 0 Å². The van der Waals surface area contributed by atoms with Gasteiger partial charge >= 0.3 is 0 Å². The minimum atomic E-state index is -0.527. The van der Waals surface area contributed by atoms with Crippen molar-refractivity contribution in [3.8, 4) is 0 Å². The Morgan fingerprint density at radius 1 is 0.643 bits per heavy atom. The average Bonchev–Trinajstić information content (AvgIpc) is 2.57. The van der Waals surface area contributed by atoms with Crippen molar-refractivity contribution in [3.63, 3.8) is 0 Å². The van der Waals surface area contributed by atoms with Crippen molar-refractivity contribution in [2.24, 2.45) is 10.8 Å². The quantitative estimate of drug-likeness (QED) is 0.670. The first kappa shape index (κ1) is 23.5. The zero-order valence-corrected chi connectivity index (χ0v) is 17.8. The molecule has 0 saturated heterocycles. The fraction of sp³-hybridized carbons (Fsp3) is 0.545. The highest BCUT2D eigenvalue weighted by Gasteiger charge is 2.24. The molecule has 0 aliphatic heterocycles. The zero-order valence-electron chi connectivity index (χ0n) is 17.8. The van der Waals surface area contributed by atoms with Gasteiger partial charge in [-0.15, -0.1) is 0 Å². The van der Waals surface area contributed by atoms with Crippen molar-refractivity contribution in [1.29, 1.82) is 0 Å². The van der Waals surface area contributed by atoms with Crippen molar-refractivity contribution >= 4 is 23.4 Å². The third-order valence-electron chi connectivity index (χ3n) is 4.32. The molecule has 0 radical (unpaired) electrons. The third kappa shape index (κ3) is 8.46. The second-order valence-electron chi connectivity index (χ2n) is 9.07. The number of carbonyl (C=O) groups is 4. The molecule has 6 heteroatoms. The van der Waals surface area contributed by atoms with Gasteiger partial charge < -0.3 is 10.6 Å². The Hall–Kier alpha value is -2.50. The van der Waals surface area contributed by atoms with Crippen molar-refractivity contribution in [2.75, 3.05) is 0 Å². The molecular formula is C22H32N2O4. The Bertz CT molecular complexity index is 659. The number of rotatable bonds is 8. The molecule has 0 aromatic heterocycles. The molecule has 1 aromatic carbocycles. The summed E-state index contributed by atoms with van der Waals surface area (Å²) in [6, 6.07) is 7.42. The van der Waals surface area contributed by atoms with Crippen LogP contribution in [0, 0.1) is 10.8 Å². The van der Waals surface area contributed by atoms with Crippen molar-refractivity contribution in [1.82, 2.24) is 10.6 Å². The first-order valence-corrected chi connectivity index (χ1v) is 9.47. The molecular weight excluding hydrogens is 356 g/mol. The lowest BCUT2D eigenvalue weighted by Gasteiger charge is -2.16. The lowest BCUT2D eigenvalue weighted by atomic mass is 9.89. The van der Waals surface area contributed by atoms with E-state index in [1.165, 1.54) is 0 Å². The van der Waals surface area contributed by atoms with Crippen LogP contribution in [0.5, 0.6) is 0 Å². The van der Waals surface area contributed by atoms with Gasteiger partial charge in [-0.3, -0.25) is 19.2 Å². The smallest absolute Gasteiger partial charge is 0.227 e. The van der Waals surface area contributed by atoms with Crippen LogP contribution in [0.25, 0.3) is 0 Å². The summed E-state index contributed by atoms with van der Waals surface area (Å²) in [4.78, 5) is 47.5. The third-order valence-corrected chi connectivity index (χ3v) is 4.32. The molecule has 0 heterocycles. The molecule has 28 heavy (non-hydrogen) atoms. The molecule has 0 unspecified atom stereocenters. The van der Waals surface area contributed by atoms with Crippen molar-refractivity contribution in [2.45, 2.75) is 67.5 Å². The number of amides is 2. The van der Waals surface area contributed by atoms with E-state index in [0.717, 1.165) is 11.1 Å². The standard InChI is InChI=1S/C22H32N2O4/c1-21(2,3)17(25)11-19(27)23-13-15-7-9-16(10-8-15)14-24-20(28)12-18(26)22(4,5)6/h7-10H,11-14H2,1-6H3,(H,23,27)(H,24,28). The van der Waals surface area contributed by atoms with Crippen LogP contribution >= 0.6 is 0 Å². The number of benzene rings is 1. The Morgan fingerprint density at radius 3 is 1.18 bits per heavy atom. The molecule has 0 aliphatic rings. The second-order valence-corrected chi connectivity index (χ2v) is 9.07. The van der Waals surface area contributed by atoms with Crippen LogP contribution in [0.2, 0.25) is 0 Å². The fourth-order valence-corrected chi connectivity index (χ4v) is 2.12. The van der Waals surface area contributed by atoms with Crippen molar-refractivity contribution < 1.29 is 19.2 Å². The van der Waals surface area contributed by atoms with Crippen LogP contribution in [0.1, 0.15) is 65.5 Å². The number of nitrogens with one attached hydrogen (secondary N) is 2. The van der Waals surface area contributed by atoms with Gasteiger partial charge in [0.2, 0.25) is 11.8 Å². The number of carbonyl (C=O) groups excluding carboxylic acids is 4. The summed E-state index contributed by atoms with van der Waals surface area (Å²) >= 11 is 0. The van der Waals surface area contributed by atoms with E-state index in [1.807, 2.05) is 24.3 Å². The van der Waals surface area contributed by atoms with Gasteiger partial charge in [0.05, 0.1) is 12.8 Å². The van der Waals surface area contributed by atoms with E-state index < -0.39 is 10.8 Å². The largest absolute Gasteiger partial charge is 0.352 e. The summed E-state index contributed by atoms with van der Waals surface area (Å²) < 4.78 is 0. The predicted octanol–water partition coefficient (Wildman–Crippen LogP) is 2.93. The Kier molecular flexibility index (Phi) is 8.09. The molecule has 2 amide bonds. The summed E-state index contributed by atoms with van der Waals surface area (Å²) in [6.07, 6.45) is -0.248. The van der Waals surface area contributed by atoms with Crippen LogP contribution in [0.15, 0.2) is 24.3 Å². The van der Waals surface area contributed by atoms with E-state index in [4.69, 9.17) is 0 Å². The first-order chi connectivity index (χ1) is 12.8. The molecule has 2 N–H and O–H groups in total. The molecule has 0 aliphatic carbocycles. The maximum absolute atomic E-state index is 11.9. The highest BCUT2D eigenvalue weighted by atomic mass is 16.2. The van der Waals surface area contributed by atoms with E-state index >= 15 is 0 Å². The van der Waals surface area contributed by atoms with E-state index in [0.29, 0.717) is 13.1 Å². The minimum Gasteiger partial charge on any atom is -0.352 e. The van der Waals surface area contributed by atoms with Crippen molar-refractivity contribution in [3.05, 3.63) is 35.4 Å². The molecule has 0 saturated carbocycles. The fourth-order valence-electron chi connectivity index (χ4n) is 2.12. The number of hydrogen-bond acceptors (Lipinski definition) is 4. The molecule has 1 rings (SSSR count). The lowest BCUT2D eigenvalue weighted by Crippen LogP contribution is -2.30. The van der Waals surface area contributed by atoms with Gasteiger partial charge in [0, 0.05) is 23.9 Å². The van der Waals surface area contributed by atoms with Crippen LogP contribution in [-0.2, 0) is 32.3 Å². The van der Waals surface area contributed by atoms with Gasteiger partial charge in [-0.1, -0.05) is 65.8 Å². The van der Waals surface area contributed by atoms with Gasteiger partial charge in [-0.25, -0.2) is 0 Å². The summed E-state index contributed by atoms with van der Waals surface area (Å²) in [5.74, 6) is -0.776. The average molecular weight is 389 g/mol. The molecule has 154 valence electrons. The second kappa shape index (κ2) is 9.62. The van der Waals surface area contributed by atoms with Gasteiger partial charge in [0.15, 0.2) is 0 Å². The monoisotopic (exact) mass is 388 g/mol. The summed E-state index contributed by atoms with van der Waals surface area (Å²) in [5, 5.41) is 5.48. The highest BCUT2D eigenvalue weighted by molar-refractivity contribution is 6.00. The number of ketones is 2. The van der Waals surface area contributed by atoms with Crippen LogP contribution in [-0.4, -0.2) is 23.4 Å². The molecule has 0 spiro atoms. The predicted molar refractivity (Wildman–Crippen MR) is 108 cm³/mol. The maximum atomic E-state index is 11.9. The highest BCUT2D eigenvalue weighted by Crippen LogP contribution is 2.17. The van der Waals surface area contributed by atoms with Gasteiger partial charge in [0.25, 0.3) is 0 Å². The normalized spacial score (nSPS) is 11.6. The summed E-state index contributed by atoms with van der Waals surface area (Å²) in [5.41, 5.74) is 0.742. The first-order valence-electron chi connectivity index (χ1n) is 9.47. The van der Waals surface area contributed by atoms with Crippen LogP contribution in [0.4, 0.5) is 0 Å². The topological polar surface area (TPSA) is 92.3 Å². The SMILES string of the molecule is CC(C)(C)C(=O)CC(=O)NCc1ccc(CNC(=O)CC(=O)C(C)(C)C)cc1. The Morgan fingerprint density at radius 2 is 0.929 bits per heavy atom. The summed E-state index contributed by atoms with van der Waals surface area (Å²) in [6.45, 7) is 11.4. The zero-order chi connectivity index (χ0) is 21.5. The molecule has 6 nitrogen and oxygen atoms in total. The molecule has 0 fully saturated rings. The van der Waals surface area contributed by atoms with E-state index in [-0.39, 0.29) is 36.2 Å². The minimum absolute atomic E-state index is 0.0963. The Labute approximate surface area is 167 Å².